The zero-order valence-electron chi connectivity index (χ0n) is 9.75. The average molecular weight is 259 g/mol. The summed E-state index contributed by atoms with van der Waals surface area (Å²) >= 11 is 0. The molecule has 0 aromatic rings. The van der Waals surface area contributed by atoms with E-state index in [9.17, 15) is 13.6 Å². The van der Waals surface area contributed by atoms with Crippen molar-refractivity contribution in [3.8, 4) is 0 Å². The maximum atomic E-state index is 13.2. The molecule has 18 heavy (non-hydrogen) atoms. The molecule has 4 N–H and O–H groups in total. The summed E-state index contributed by atoms with van der Waals surface area (Å²) in [6.45, 7) is 0.918. The second kappa shape index (κ2) is 4.22. The minimum absolute atomic E-state index is 0.0118. The Kier molecular flexibility index (Phi) is 3.00. The van der Waals surface area contributed by atoms with E-state index < -0.39 is 17.6 Å². The zero-order valence-corrected chi connectivity index (χ0v) is 9.75. The first-order valence-corrected chi connectivity index (χ1v) is 5.74. The fourth-order valence-electron chi connectivity index (χ4n) is 2.34. The van der Waals surface area contributed by atoms with E-state index in [-0.39, 0.29) is 36.6 Å². The van der Waals surface area contributed by atoms with Gasteiger partial charge in [-0.25, -0.2) is 0 Å². The summed E-state index contributed by atoms with van der Waals surface area (Å²) in [6, 6.07) is 0. The third-order valence-corrected chi connectivity index (χ3v) is 3.43. The first-order chi connectivity index (χ1) is 8.31. The van der Waals surface area contributed by atoms with Gasteiger partial charge in [0.05, 0.1) is 6.42 Å². The SMILES string of the molecule is N=C1/C(=C(\N)N2CC(CC(=O)O)C2)CCC1(F)F. The number of halogens is 2. The van der Waals surface area contributed by atoms with Crippen molar-refractivity contribution in [2.24, 2.45) is 11.7 Å². The largest absolute Gasteiger partial charge is 0.481 e. The molecule has 100 valence electrons. The monoisotopic (exact) mass is 259 g/mol. The summed E-state index contributed by atoms with van der Waals surface area (Å²) in [5.74, 6) is -3.73. The van der Waals surface area contributed by atoms with E-state index in [1.807, 2.05) is 0 Å². The number of carbonyl (C=O) groups is 1. The van der Waals surface area contributed by atoms with Crippen LogP contribution < -0.4 is 5.73 Å². The van der Waals surface area contributed by atoms with Gasteiger partial charge < -0.3 is 15.7 Å². The smallest absolute Gasteiger partial charge is 0.303 e. The van der Waals surface area contributed by atoms with E-state index >= 15 is 0 Å². The zero-order chi connectivity index (χ0) is 13.5. The Morgan fingerprint density at radius 2 is 2.17 bits per heavy atom. The molecule has 0 unspecified atom stereocenters. The van der Waals surface area contributed by atoms with Crippen LogP contribution in [0.5, 0.6) is 0 Å². The molecular weight excluding hydrogens is 244 g/mol. The van der Waals surface area contributed by atoms with Gasteiger partial charge in [0.15, 0.2) is 0 Å². The molecule has 1 heterocycles. The average Bonchev–Trinajstić information content (AvgIpc) is 2.47. The van der Waals surface area contributed by atoms with Crippen molar-refractivity contribution in [1.29, 1.82) is 5.41 Å². The highest BCUT2D eigenvalue weighted by Gasteiger charge is 2.45. The van der Waals surface area contributed by atoms with Gasteiger partial charge in [-0.15, -0.1) is 0 Å². The van der Waals surface area contributed by atoms with Gasteiger partial charge >= 0.3 is 5.97 Å². The van der Waals surface area contributed by atoms with Crippen molar-refractivity contribution in [3.63, 3.8) is 0 Å². The summed E-state index contributed by atoms with van der Waals surface area (Å²) in [7, 11) is 0. The predicted molar refractivity (Wildman–Crippen MR) is 60.4 cm³/mol. The first kappa shape index (κ1) is 12.8. The lowest BCUT2D eigenvalue weighted by molar-refractivity contribution is -0.139. The van der Waals surface area contributed by atoms with Crippen LogP contribution in [0.4, 0.5) is 8.78 Å². The number of alkyl halides is 2. The number of hydrogen-bond donors (Lipinski definition) is 3. The molecule has 0 spiro atoms. The van der Waals surface area contributed by atoms with Gasteiger partial charge in [-0.2, -0.15) is 8.78 Å². The van der Waals surface area contributed by atoms with Gasteiger partial charge in [0, 0.05) is 31.0 Å². The van der Waals surface area contributed by atoms with Gasteiger partial charge in [0.25, 0.3) is 5.92 Å². The molecule has 7 heteroatoms. The number of allylic oxidation sites excluding steroid dienone is 1. The Balaban J connectivity index is 2.00. The van der Waals surface area contributed by atoms with Crippen LogP contribution in [0, 0.1) is 11.3 Å². The van der Waals surface area contributed by atoms with Crippen molar-refractivity contribution in [2.45, 2.75) is 25.2 Å². The summed E-state index contributed by atoms with van der Waals surface area (Å²) < 4.78 is 26.3. The maximum absolute atomic E-state index is 13.2. The Bertz CT molecular complexity index is 428. The molecule has 1 aliphatic carbocycles. The molecule has 2 rings (SSSR count). The predicted octanol–water partition coefficient (Wildman–Crippen LogP) is 1.01. The number of nitrogens with two attached hydrogens (primary N) is 1. The molecule has 2 aliphatic rings. The highest BCUT2D eigenvalue weighted by atomic mass is 19.3. The summed E-state index contributed by atoms with van der Waals surface area (Å²) in [4.78, 5) is 12.1. The maximum Gasteiger partial charge on any atom is 0.303 e. The van der Waals surface area contributed by atoms with Crippen LogP contribution in [-0.2, 0) is 4.79 Å². The number of likely N-dealkylation sites (tertiary alicyclic amines) is 1. The Hall–Kier alpha value is -1.66. The Morgan fingerprint density at radius 3 is 2.61 bits per heavy atom. The molecule has 0 radical (unpaired) electrons. The van der Waals surface area contributed by atoms with E-state index in [4.69, 9.17) is 16.2 Å². The number of nitrogens with one attached hydrogen (secondary N) is 1. The lowest BCUT2D eigenvalue weighted by Gasteiger charge is -2.41. The highest BCUT2D eigenvalue weighted by Crippen LogP contribution is 2.37. The van der Waals surface area contributed by atoms with Crippen LogP contribution in [0.2, 0.25) is 0 Å². The van der Waals surface area contributed by atoms with E-state index in [1.54, 1.807) is 4.90 Å². The van der Waals surface area contributed by atoms with Gasteiger partial charge in [0.2, 0.25) is 0 Å². The quantitative estimate of drug-likeness (QED) is 0.705. The summed E-state index contributed by atoms with van der Waals surface area (Å²) in [5, 5.41) is 16.0. The first-order valence-electron chi connectivity index (χ1n) is 5.74. The molecule has 5 nitrogen and oxygen atoms in total. The second-order valence-corrected chi connectivity index (χ2v) is 4.81. The molecule has 0 amide bonds. The lowest BCUT2D eigenvalue weighted by atomic mass is 9.96. The number of rotatable bonds is 3. The van der Waals surface area contributed by atoms with Gasteiger partial charge in [-0.05, 0) is 6.42 Å². The van der Waals surface area contributed by atoms with Gasteiger partial charge in [-0.1, -0.05) is 0 Å². The number of carboxylic acid groups (broad SMARTS) is 1. The third kappa shape index (κ3) is 2.16. The number of aliphatic carboxylic acids is 1. The Morgan fingerprint density at radius 1 is 1.56 bits per heavy atom. The van der Waals surface area contributed by atoms with E-state index in [1.165, 1.54) is 0 Å². The topological polar surface area (TPSA) is 90.4 Å². The number of hydrogen-bond acceptors (Lipinski definition) is 4. The molecule has 1 saturated heterocycles. The van der Waals surface area contributed by atoms with Crippen LogP contribution in [0.15, 0.2) is 11.4 Å². The number of nitrogens with zero attached hydrogens (tertiary/aromatic N) is 1. The highest BCUT2D eigenvalue weighted by molar-refractivity contribution is 6.05. The van der Waals surface area contributed by atoms with E-state index in [0.717, 1.165) is 0 Å². The summed E-state index contributed by atoms with van der Waals surface area (Å²) in [6.07, 6.45) is -0.196. The molecule has 0 atom stereocenters. The molecule has 1 saturated carbocycles. The van der Waals surface area contributed by atoms with Crippen LogP contribution in [0.1, 0.15) is 19.3 Å². The fraction of sp³-hybridized carbons (Fsp3) is 0.636. The van der Waals surface area contributed by atoms with Crippen molar-refractivity contribution in [3.05, 3.63) is 11.4 Å². The Labute approximate surface area is 103 Å². The molecular formula is C11H15F2N3O2. The molecule has 0 aromatic carbocycles. The minimum atomic E-state index is -3.08. The van der Waals surface area contributed by atoms with E-state index in [2.05, 4.69) is 0 Å². The standard InChI is InChI=1S/C11H15F2N3O2/c12-11(13)2-1-7(9(11)14)10(15)16-4-6(5-16)3-8(17)18/h6,14H,1-5,15H2,(H,17,18)/b10-7+,14-9?. The second-order valence-electron chi connectivity index (χ2n) is 4.81. The number of carboxylic acids is 1. The van der Waals surface area contributed by atoms with Gasteiger partial charge in [-0.3, -0.25) is 10.2 Å². The normalized spacial score (nSPS) is 26.1. The van der Waals surface area contributed by atoms with Crippen molar-refractivity contribution in [2.75, 3.05) is 13.1 Å². The van der Waals surface area contributed by atoms with Crippen molar-refractivity contribution >= 4 is 11.7 Å². The molecule has 2 fully saturated rings. The lowest BCUT2D eigenvalue weighted by Crippen LogP contribution is -2.49. The van der Waals surface area contributed by atoms with Crippen molar-refractivity contribution in [1.82, 2.24) is 4.90 Å². The molecule has 0 bridgehead atoms. The van der Waals surface area contributed by atoms with Crippen LogP contribution in [-0.4, -0.2) is 40.7 Å². The molecule has 1 aliphatic heterocycles. The fourth-order valence-corrected chi connectivity index (χ4v) is 2.34. The minimum Gasteiger partial charge on any atom is -0.481 e. The van der Waals surface area contributed by atoms with E-state index in [0.29, 0.717) is 13.1 Å². The van der Waals surface area contributed by atoms with Crippen LogP contribution in [0.25, 0.3) is 0 Å². The molecule has 0 aromatic heterocycles. The van der Waals surface area contributed by atoms with Gasteiger partial charge in [0.1, 0.15) is 11.5 Å². The van der Waals surface area contributed by atoms with Crippen molar-refractivity contribution < 1.29 is 18.7 Å². The van der Waals surface area contributed by atoms with Crippen LogP contribution >= 0.6 is 0 Å². The third-order valence-electron chi connectivity index (χ3n) is 3.43. The summed E-state index contributed by atoms with van der Waals surface area (Å²) in [5.41, 5.74) is 5.28. The van der Waals surface area contributed by atoms with Crippen LogP contribution in [0.3, 0.4) is 0 Å².